The highest BCUT2D eigenvalue weighted by atomic mass is 32.1. The lowest BCUT2D eigenvalue weighted by atomic mass is 10.0. The molecule has 3 heterocycles. The molecule has 0 radical (unpaired) electrons. The van der Waals surface area contributed by atoms with Gasteiger partial charge in [0.15, 0.2) is 0 Å². The van der Waals surface area contributed by atoms with Gasteiger partial charge in [-0.05, 0) is 23.1 Å². The van der Waals surface area contributed by atoms with Crippen LogP contribution >= 0.6 is 11.3 Å². The van der Waals surface area contributed by atoms with Gasteiger partial charge >= 0.3 is 0 Å². The van der Waals surface area contributed by atoms with Gasteiger partial charge in [0.1, 0.15) is 6.04 Å². The van der Waals surface area contributed by atoms with Crippen LogP contribution < -0.4 is 5.73 Å². The molecule has 1 amide bonds. The second-order valence-corrected chi connectivity index (χ2v) is 5.59. The van der Waals surface area contributed by atoms with Gasteiger partial charge < -0.3 is 10.6 Å². The van der Waals surface area contributed by atoms with E-state index >= 15 is 0 Å². The third kappa shape index (κ3) is 2.39. The summed E-state index contributed by atoms with van der Waals surface area (Å²) in [6, 6.07) is 7.22. The fourth-order valence-electron chi connectivity index (χ4n) is 2.34. The van der Waals surface area contributed by atoms with E-state index in [4.69, 9.17) is 5.73 Å². The topological polar surface area (TPSA) is 59.2 Å². The van der Waals surface area contributed by atoms with E-state index in [9.17, 15) is 4.79 Å². The lowest BCUT2D eigenvalue weighted by molar-refractivity contribution is -0.133. The van der Waals surface area contributed by atoms with Crippen molar-refractivity contribution in [3.8, 4) is 0 Å². The molecule has 1 atom stereocenters. The molecule has 19 heavy (non-hydrogen) atoms. The Morgan fingerprint density at radius 2 is 2.32 bits per heavy atom. The minimum atomic E-state index is -0.543. The minimum absolute atomic E-state index is 0.00282. The van der Waals surface area contributed by atoms with Crippen molar-refractivity contribution in [2.75, 3.05) is 6.54 Å². The van der Waals surface area contributed by atoms with Gasteiger partial charge in [-0.2, -0.15) is 0 Å². The minimum Gasteiger partial charge on any atom is -0.336 e. The monoisotopic (exact) mass is 273 g/mol. The van der Waals surface area contributed by atoms with Crippen LogP contribution in [0.4, 0.5) is 0 Å². The molecular weight excluding hydrogens is 258 g/mol. The number of rotatable bonds is 2. The molecule has 1 unspecified atom stereocenters. The smallest absolute Gasteiger partial charge is 0.245 e. The van der Waals surface area contributed by atoms with Crippen molar-refractivity contribution in [1.82, 2.24) is 9.88 Å². The van der Waals surface area contributed by atoms with E-state index < -0.39 is 6.04 Å². The van der Waals surface area contributed by atoms with E-state index in [-0.39, 0.29) is 5.91 Å². The van der Waals surface area contributed by atoms with Gasteiger partial charge in [0.25, 0.3) is 0 Å². The van der Waals surface area contributed by atoms with Crippen molar-refractivity contribution < 1.29 is 4.79 Å². The molecule has 2 aromatic rings. The number of nitrogens with zero attached hydrogens (tertiary/aromatic N) is 2. The van der Waals surface area contributed by atoms with Crippen molar-refractivity contribution >= 4 is 17.2 Å². The van der Waals surface area contributed by atoms with Crippen LogP contribution in [0.5, 0.6) is 0 Å². The molecule has 0 aliphatic carbocycles. The molecular formula is C14H15N3OS. The molecule has 4 nitrogen and oxygen atoms in total. The van der Waals surface area contributed by atoms with Crippen LogP contribution in [-0.4, -0.2) is 22.3 Å². The maximum atomic E-state index is 12.4. The number of carbonyl (C=O) groups is 1. The Kier molecular flexibility index (Phi) is 3.31. The molecule has 0 saturated heterocycles. The van der Waals surface area contributed by atoms with Crippen molar-refractivity contribution in [3.05, 3.63) is 52.0 Å². The standard InChI is InChI=1S/C14H15N3OS/c15-13(12-4-2-8-19-12)14(18)17-7-5-11-10(9-17)3-1-6-16-11/h1-4,6,8,13H,5,7,9,15H2. The third-order valence-corrected chi connectivity index (χ3v) is 4.35. The zero-order valence-corrected chi connectivity index (χ0v) is 11.3. The van der Waals surface area contributed by atoms with Crippen LogP contribution in [0.25, 0.3) is 0 Å². The fraction of sp³-hybridized carbons (Fsp3) is 0.286. The van der Waals surface area contributed by atoms with Crippen molar-refractivity contribution in [1.29, 1.82) is 0 Å². The number of pyridine rings is 1. The molecule has 2 N–H and O–H groups in total. The van der Waals surface area contributed by atoms with Crippen LogP contribution in [-0.2, 0) is 17.8 Å². The van der Waals surface area contributed by atoms with E-state index in [2.05, 4.69) is 4.98 Å². The van der Waals surface area contributed by atoms with Gasteiger partial charge in [-0.1, -0.05) is 12.1 Å². The average Bonchev–Trinajstić information content (AvgIpc) is 2.99. The summed E-state index contributed by atoms with van der Waals surface area (Å²) in [7, 11) is 0. The van der Waals surface area contributed by atoms with Gasteiger partial charge in [-0.25, -0.2) is 0 Å². The van der Waals surface area contributed by atoms with Gasteiger partial charge in [0, 0.05) is 36.3 Å². The first-order chi connectivity index (χ1) is 9.25. The first-order valence-corrected chi connectivity index (χ1v) is 7.14. The number of nitrogens with two attached hydrogens (primary N) is 1. The van der Waals surface area contributed by atoms with Crippen molar-refractivity contribution in [3.63, 3.8) is 0 Å². The van der Waals surface area contributed by atoms with E-state index in [0.717, 1.165) is 22.6 Å². The van der Waals surface area contributed by atoms with Crippen LogP contribution in [0.1, 0.15) is 22.2 Å². The quantitative estimate of drug-likeness (QED) is 0.906. The second-order valence-electron chi connectivity index (χ2n) is 4.61. The Balaban J connectivity index is 1.76. The third-order valence-electron chi connectivity index (χ3n) is 3.39. The summed E-state index contributed by atoms with van der Waals surface area (Å²) in [5, 5.41) is 1.94. The number of hydrogen-bond donors (Lipinski definition) is 1. The second kappa shape index (κ2) is 5.11. The number of fused-ring (bicyclic) bond motifs is 1. The van der Waals surface area contributed by atoms with Crippen LogP contribution in [0.15, 0.2) is 35.8 Å². The number of carbonyl (C=O) groups excluding carboxylic acids is 1. The normalized spacial score (nSPS) is 15.9. The average molecular weight is 273 g/mol. The van der Waals surface area contributed by atoms with Crippen LogP contribution in [0.3, 0.4) is 0 Å². The van der Waals surface area contributed by atoms with Gasteiger partial charge in [0.2, 0.25) is 5.91 Å². The Morgan fingerprint density at radius 1 is 1.42 bits per heavy atom. The molecule has 0 aromatic carbocycles. The summed E-state index contributed by atoms with van der Waals surface area (Å²) in [4.78, 5) is 19.5. The molecule has 0 saturated carbocycles. The summed E-state index contributed by atoms with van der Waals surface area (Å²) < 4.78 is 0. The summed E-state index contributed by atoms with van der Waals surface area (Å²) >= 11 is 1.52. The zero-order chi connectivity index (χ0) is 13.2. The predicted octanol–water partition coefficient (Wildman–Crippen LogP) is 1.73. The SMILES string of the molecule is NC(C(=O)N1CCc2ncccc2C1)c1cccs1. The zero-order valence-electron chi connectivity index (χ0n) is 10.5. The molecule has 2 aromatic heterocycles. The maximum absolute atomic E-state index is 12.4. The Labute approximate surface area is 115 Å². The highest BCUT2D eigenvalue weighted by molar-refractivity contribution is 7.10. The van der Waals surface area contributed by atoms with Crippen LogP contribution in [0, 0.1) is 0 Å². The highest BCUT2D eigenvalue weighted by Gasteiger charge is 2.26. The van der Waals surface area contributed by atoms with Gasteiger partial charge in [-0.15, -0.1) is 11.3 Å². The van der Waals surface area contributed by atoms with Crippen molar-refractivity contribution in [2.45, 2.75) is 19.0 Å². The number of thiophene rings is 1. The summed E-state index contributed by atoms with van der Waals surface area (Å²) in [6.45, 7) is 1.31. The largest absolute Gasteiger partial charge is 0.336 e. The summed E-state index contributed by atoms with van der Waals surface area (Å²) in [5.74, 6) is -0.00282. The molecule has 1 aliphatic rings. The van der Waals surface area contributed by atoms with Gasteiger partial charge in [-0.3, -0.25) is 9.78 Å². The van der Waals surface area contributed by atoms with E-state index in [0.29, 0.717) is 13.1 Å². The van der Waals surface area contributed by atoms with Gasteiger partial charge in [0.05, 0.1) is 0 Å². The molecule has 0 spiro atoms. The van der Waals surface area contributed by atoms with Crippen molar-refractivity contribution in [2.24, 2.45) is 5.73 Å². The Morgan fingerprint density at radius 3 is 3.11 bits per heavy atom. The number of hydrogen-bond acceptors (Lipinski definition) is 4. The van der Waals surface area contributed by atoms with E-state index in [1.165, 1.54) is 11.3 Å². The predicted molar refractivity (Wildman–Crippen MR) is 74.6 cm³/mol. The lowest BCUT2D eigenvalue weighted by Gasteiger charge is -2.30. The fourth-order valence-corrected chi connectivity index (χ4v) is 3.06. The Bertz CT molecular complexity index is 582. The first kappa shape index (κ1) is 12.3. The molecule has 98 valence electrons. The molecule has 0 bridgehead atoms. The summed E-state index contributed by atoms with van der Waals surface area (Å²) in [6.07, 6.45) is 2.60. The van der Waals surface area contributed by atoms with E-state index in [1.807, 2.05) is 34.5 Å². The molecule has 5 heteroatoms. The molecule has 1 aliphatic heterocycles. The number of amides is 1. The van der Waals surface area contributed by atoms with Crippen LogP contribution in [0.2, 0.25) is 0 Å². The first-order valence-electron chi connectivity index (χ1n) is 6.26. The van der Waals surface area contributed by atoms with E-state index in [1.54, 1.807) is 6.20 Å². The maximum Gasteiger partial charge on any atom is 0.245 e. The number of aromatic nitrogens is 1. The Hall–Kier alpha value is -1.72. The molecule has 3 rings (SSSR count). The highest BCUT2D eigenvalue weighted by Crippen LogP contribution is 2.22. The summed E-state index contributed by atoms with van der Waals surface area (Å²) in [5.41, 5.74) is 8.26. The lowest BCUT2D eigenvalue weighted by Crippen LogP contribution is -2.41. The molecule has 0 fully saturated rings.